The van der Waals surface area contributed by atoms with Gasteiger partial charge in [-0.05, 0) is 55.0 Å². The van der Waals surface area contributed by atoms with Crippen molar-refractivity contribution in [3.8, 4) is 22.7 Å². The number of rotatable bonds is 4. The summed E-state index contributed by atoms with van der Waals surface area (Å²) in [7, 11) is 1.65. The van der Waals surface area contributed by atoms with E-state index in [1.807, 2.05) is 55.5 Å². The summed E-state index contributed by atoms with van der Waals surface area (Å²) in [6.07, 6.45) is 0. The number of carbonyl (C=O) groups is 1. The van der Waals surface area contributed by atoms with Crippen LogP contribution in [-0.2, 0) is 4.74 Å². The summed E-state index contributed by atoms with van der Waals surface area (Å²) in [6.45, 7) is 2.16. The molecule has 0 N–H and O–H groups in total. The van der Waals surface area contributed by atoms with Crippen LogP contribution in [-0.4, -0.2) is 24.3 Å². The average Bonchev–Trinajstić information content (AvgIpc) is 3.11. The number of aromatic nitrogens is 1. The van der Waals surface area contributed by atoms with Crippen molar-refractivity contribution in [3.05, 3.63) is 72.3 Å². The molecule has 29 heavy (non-hydrogen) atoms. The summed E-state index contributed by atoms with van der Waals surface area (Å²) in [5, 5.41) is 0.911. The van der Waals surface area contributed by atoms with Gasteiger partial charge in [0.2, 0.25) is 0 Å². The molecule has 0 radical (unpaired) electrons. The van der Waals surface area contributed by atoms with Crippen molar-refractivity contribution in [2.24, 2.45) is 0 Å². The van der Waals surface area contributed by atoms with Gasteiger partial charge in [0.25, 0.3) is 0 Å². The Balaban J connectivity index is 1.91. The third-order valence-corrected chi connectivity index (χ3v) is 6.24. The number of hydrogen-bond donors (Lipinski definition) is 0. The minimum atomic E-state index is -0.302. The van der Waals surface area contributed by atoms with E-state index in [4.69, 9.17) is 9.47 Å². The molecule has 4 nitrogen and oxygen atoms in total. The second kappa shape index (κ2) is 7.01. The van der Waals surface area contributed by atoms with Crippen LogP contribution in [0.5, 0.6) is 5.75 Å². The van der Waals surface area contributed by atoms with Crippen LogP contribution in [0.2, 0.25) is 0 Å². The van der Waals surface area contributed by atoms with Gasteiger partial charge in [0.1, 0.15) is 5.75 Å². The maximum atomic E-state index is 13.1. The van der Waals surface area contributed by atoms with Crippen LogP contribution >= 0.6 is 11.8 Å². The molecule has 0 aliphatic carbocycles. The number of carbonyl (C=O) groups excluding carboxylic acids is 1. The molecule has 0 saturated heterocycles. The van der Waals surface area contributed by atoms with E-state index < -0.39 is 0 Å². The van der Waals surface area contributed by atoms with Crippen LogP contribution in [0.25, 0.3) is 27.8 Å². The molecular weight excluding hydrogens is 382 g/mol. The first-order valence-electron chi connectivity index (χ1n) is 9.49. The summed E-state index contributed by atoms with van der Waals surface area (Å²) in [4.78, 5) is 15.4. The van der Waals surface area contributed by atoms with E-state index in [2.05, 4.69) is 22.8 Å². The van der Waals surface area contributed by atoms with Gasteiger partial charge in [-0.25, -0.2) is 4.79 Å². The third-order valence-electron chi connectivity index (χ3n) is 5.12. The van der Waals surface area contributed by atoms with Crippen molar-refractivity contribution >= 4 is 28.6 Å². The number of hydrogen-bond acceptors (Lipinski definition) is 4. The van der Waals surface area contributed by atoms with Crippen molar-refractivity contribution in [1.82, 2.24) is 4.57 Å². The molecule has 5 rings (SSSR count). The maximum absolute atomic E-state index is 13.1. The number of ether oxygens (including phenoxy) is 2. The van der Waals surface area contributed by atoms with Gasteiger partial charge in [-0.15, -0.1) is 0 Å². The van der Waals surface area contributed by atoms with Gasteiger partial charge in [-0.1, -0.05) is 36.0 Å². The lowest BCUT2D eigenvalue weighted by Gasteiger charge is -2.21. The number of fused-ring (bicyclic) bond motifs is 2. The Morgan fingerprint density at radius 2 is 1.72 bits per heavy atom. The molecule has 0 unspecified atom stereocenters. The summed E-state index contributed by atoms with van der Waals surface area (Å²) < 4.78 is 13.0. The van der Waals surface area contributed by atoms with E-state index in [1.54, 1.807) is 18.9 Å². The quantitative estimate of drug-likeness (QED) is 0.349. The fraction of sp³-hybridized carbons (Fsp3) is 0.125. The molecule has 5 heteroatoms. The Morgan fingerprint density at radius 1 is 0.966 bits per heavy atom. The van der Waals surface area contributed by atoms with Crippen molar-refractivity contribution in [2.45, 2.75) is 16.7 Å². The predicted octanol–water partition coefficient (Wildman–Crippen LogP) is 5.95. The molecule has 4 aromatic rings. The zero-order valence-corrected chi connectivity index (χ0v) is 17.0. The molecule has 0 fully saturated rings. The van der Waals surface area contributed by atoms with Gasteiger partial charge >= 0.3 is 5.97 Å². The SMILES string of the molecule is CCOC(=O)c1c(-c2ccc(OC)cc2)n2c3c(cccc13)Sc1ccccc1-2. The van der Waals surface area contributed by atoms with Crippen LogP contribution in [0, 0.1) is 0 Å². The van der Waals surface area contributed by atoms with Crippen molar-refractivity contribution < 1.29 is 14.3 Å². The fourth-order valence-corrected chi connectivity index (χ4v) is 5.00. The van der Waals surface area contributed by atoms with Gasteiger partial charge in [0.05, 0.1) is 36.2 Å². The molecule has 0 bridgehead atoms. The third kappa shape index (κ3) is 2.73. The average molecular weight is 401 g/mol. The van der Waals surface area contributed by atoms with Crippen LogP contribution in [0.1, 0.15) is 17.3 Å². The lowest BCUT2D eigenvalue weighted by atomic mass is 10.0. The topological polar surface area (TPSA) is 40.5 Å². The van der Waals surface area contributed by atoms with E-state index in [9.17, 15) is 4.79 Å². The van der Waals surface area contributed by atoms with Crippen LogP contribution in [0.15, 0.2) is 76.5 Å². The molecule has 0 spiro atoms. The number of para-hydroxylation sites is 2. The van der Waals surface area contributed by atoms with Gasteiger partial charge < -0.3 is 14.0 Å². The molecule has 1 aromatic heterocycles. The first-order chi connectivity index (χ1) is 14.2. The first-order valence-corrected chi connectivity index (χ1v) is 10.3. The standard InChI is InChI=1S/C24H19NO3S/c1-3-28-24(26)21-17-7-6-10-20-23(17)25(18-8-4-5-9-19(18)29-20)22(21)15-11-13-16(27-2)14-12-15/h4-14H,3H2,1-2H3. The lowest BCUT2D eigenvalue weighted by Crippen LogP contribution is -2.08. The first kappa shape index (κ1) is 17.9. The van der Waals surface area contributed by atoms with Crippen LogP contribution < -0.4 is 4.74 Å². The highest BCUT2D eigenvalue weighted by Gasteiger charge is 2.30. The summed E-state index contributed by atoms with van der Waals surface area (Å²) in [6, 6.07) is 22.2. The van der Waals surface area contributed by atoms with Crippen molar-refractivity contribution in [1.29, 1.82) is 0 Å². The van der Waals surface area contributed by atoms with Gasteiger partial charge in [0.15, 0.2) is 0 Å². The molecule has 1 aliphatic heterocycles. The number of nitrogens with zero attached hydrogens (tertiary/aromatic N) is 1. The van der Waals surface area contributed by atoms with Crippen LogP contribution in [0.4, 0.5) is 0 Å². The molecule has 0 saturated carbocycles. The van der Waals surface area contributed by atoms with E-state index in [1.165, 1.54) is 0 Å². The van der Waals surface area contributed by atoms with Crippen molar-refractivity contribution in [2.75, 3.05) is 13.7 Å². The second-order valence-electron chi connectivity index (χ2n) is 6.73. The molecule has 0 atom stereocenters. The molecule has 1 aliphatic rings. The van der Waals surface area contributed by atoms with Gasteiger partial charge in [0, 0.05) is 15.2 Å². The molecule has 2 heterocycles. The molecule has 0 amide bonds. The zero-order valence-electron chi connectivity index (χ0n) is 16.1. The largest absolute Gasteiger partial charge is 0.497 e. The normalized spacial score (nSPS) is 11.9. The van der Waals surface area contributed by atoms with E-state index in [0.717, 1.165) is 43.4 Å². The van der Waals surface area contributed by atoms with Gasteiger partial charge in [-0.3, -0.25) is 0 Å². The zero-order chi connectivity index (χ0) is 20.0. The summed E-state index contributed by atoms with van der Waals surface area (Å²) in [5.74, 6) is 0.474. The highest BCUT2D eigenvalue weighted by molar-refractivity contribution is 7.99. The Kier molecular flexibility index (Phi) is 4.32. The molecular formula is C24H19NO3S. The van der Waals surface area contributed by atoms with E-state index in [-0.39, 0.29) is 5.97 Å². The highest BCUT2D eigenvalue weighted by atomic mass is 32.2. The number of esters is 1. The minimum absolute atomic E-state index is 0.302. The number of benzene rings is 3. The molecule has 144 valence electrons. The van der Waals surface area contributed by atoms with Gasteiger partial charge in [-0.2, -0.15) is 0 Å². The Hall–Kier alpha value is -3.18. The molecule has 3 aromatic carbocycles. The Bertz CT molecular complexity index is 1240. The maximum Gasteiger partial charge on any atom is 0.340 e. The highest BCUT2D eigenvalue weighted by Crippen LogP contribution is 2.48. The van der Waals surface area contributed by atoms with E-state index >= 15 is 0 Å². The van der Waals surface area contributed by atoms with Crippen LogP contribution in [0.3, 0.4) is 0 Å². The lowest BCUT2D eigenvalue weighted by molar-refractivity contribution is 0.0529. The smallest absolute Gasteiger partial charge is 0.340 e. The number of methoxy groups -OCH3 is 1. The second-order valence-corrected chi connectivity index (χ2v) is 7.81. The predicted molar refractivity (Wildman–Crippen MR) is 115 cm³/mol. The van der Waals surface area contributed by atoms with E-state index in [0.29, 0.717) is 12.2 Å². The Labute approximate surface area is 173 Å². The fourth-order valence-electron chi connectivity index (χ4n) is 3.91. The summed E-state index contributed by atoms with van der Waals surface area (Å²) in [5.41, 5.74) is 4.51. The Morgan fingerprint density at radius 3 is 2.48 bits per heavy atom. The minimum Gasteiger partial charge on any atom is -0.497 e. The van der Waals surface area contributed by atoms with Crippen molar-refractivity contribution in [3.63, 3.8) is 0 Å². The monoisotopic (exact) mass is 401 g/mol. The summed E-state index contributed by atoms with van der Waals surface area (Å²) >= 11 is 1.73.